The lowest BCUT2D eigenvalue weighted by atomic mass is 9.78. The number of hydrogen-bond acceptors (Lipinski definition) is 3. The predicted octanol–water partition coefficient (Wildman–Crippen LogP) is 2.92. The summed E-state index contributed by atoms with van der Waals surface area (Å²) in [6, 6.07) is 5.77. The molecule has 0 aliphatic carbocycles. The van der Waals surface area contributed by atoms with Crippen LogP contribution < -0.4 is 15.2 Å². The normalized spacial score (nSPS) is 14.5. The van der Waals surface area contributed by atoms with Crippen molar-refractivity contribution in [2.24, 2.45) is 11.7 Å². The van der Waals surface area contributed by atoms with Gasteiger partial charge in [0.25, 0.3) is 0 Å². The van der Waals surface area contributed by atoms with Crippen molar-refractivity contribution >= 4 is 0 Å². The van der Waals surface area contributed by atoms with E-state index in [-0.39, 0.29) is 0 Å². The largest absolute Gasteiger partial charge is 0.496 e. The van der Waals surface area contributed by atoms with Crippen molar-refractivity contribution in [3.63, 3.8) is 0 Å². The van der Waals surface area contributed by atoms with Gasteiger partial charge in [0.1, 0.15) is 11.5 Å². The van der Waals surface area contributed by atoms with E-state index in [2.05, 4.69) is 20.8 Å². The Hall–Kier alpha value is -1.22. The highest BCUT2D eigenvalue weighted by Crippen LogP contribution is 2.41. The first-order valence-corrected chi connectivity index (χ1v) is 6.01. The molecule has 0 bridgehead atoms. The van der Waals surface area contributed by atoms with Gasteiger partial charge in [0.15, 0.2) is 0 Å². The molecule has 0 aromatic heterocycles. The Balaban J connectivity index is 3.45. The maximum Gasteiger partial charge on any atom is 0.127 e. The Morgan fingerprint density at radius 3 is 1.94 bits per heavy atom. The first-order valence-electron chi connectivity index (χ1n) is 6.01. The third-order valence-corrected chi connectivity index (χ3v) is 3.51. The zero-order valence-electron chi connectivity index (χ0n) is 11.4. The topological polar surface area (TPSA) is 44.5 Å². The monoisotopic (exact) mass is 237 g/mol. The van der Waals surface area contributed by atoms with Crippen molar-refractivity contribution in [1.82, 2.24) is 0 Å². The second-order valence-electron chi connectivity index (χ2n) is 4.59. The summed E-state index contributed by atoms with van der Waals surface area (Å²) in [5.41, 5.74) is 7.08. The fourth-order valence-electron chi connectivity index (χ4n) is 2.18. The lowest BCUT2D eigenvalue weighted by molar-refractivity contribution is 0.275. The van der Waals surface area contributed by atoms with Crippen LogP contribution in [0.1, 0.15) is 32.8 Å². The highest BCUT2D eigenvalue weighted by molar-refractivity contribution is 5.49. The van der Waals surface area contributed by atoms with Crippen LogP contribution in [0.5, 0.6) is 11.5 Å². The summed E-state index contributed by atoms with van der Waals surface area (Å²) >= 11 is 0. The maximum atomic E-state index is 6.55. The van der Waals surface area contributed by atoms with Crippen LogP contribution in [0.15, 0.2) is 18.2 Å². The fourth-order valence-corrected chi connectivity index (χ4v) is 2.18. The van der Waals surface area contributed by atoms with Crippen LogP contribution in [0.4, 0.5) is 0 Å². The predicted molar refractivity (Wildman–Crippen MR) is 70.5 cm³/mol. The Morgan fingerprint density at radius 2 is 1.65 bits per heavy atom. The summed E-state index contributed by atoms with van der Waals surface area (Å²) in [7, 11) is 3.32. The van der Waals surface area contributed by atoms with Crippen LogP contribution in [-0.2, 0) is 5.54 Å². The van der Waals surface area contributed by atoms with Crippen LogP contribution in [0.3, 0.4) is 0 Å². The van der Waals surface area contributed by atoms with E-state index < -0.39 is 5.54 Å². The summed E-state index contributed by atoms with van der Waals surface area (Å²) in [6.45, 7) is 6.33. The van der Waals surface area contributed by atoms with Crippen LogP contribution in [0, 0.1) is 5.92 Å². The van der Waals surface area contributed by atoms with Crippen LogP contribution in [-0.4, -0.2) is 14.2 Å². The molecule has 0 radical (unpaired) electrons. The molecule has 0 spiro atoms. The number of methoxy groups -OCH3 is 2. The standard InChI is InChI=1S/C14H23NO2/c1-6-14(15,10(2)3)13-11(16-4)8-7-9-12(13)17-5/h7-10H,6,15H2,1-5H3. The molecule has 0 aliphatic rings. The molecule has 3 nitrogen and oxygen atoms in total. The maximum absolute atomic E-state index is 6.55. The van der Waals surface area contributed by atoms with Gasteiger partial charge in [0, 0.05) is 0 Å². The third-order valence-electron chi connectivity index (χ3n) is 3.51. The molecule has 17 heavy (non-hydrogen) atoms. The smallest absolute Gasteiger partial charge is 0.127 e. The van der Waals surface area contributed by atoms with E-state index in [1.165, 1.54) is 0 Å². The molecule has 96 valence electrons. The SMILES string of the molecule is CCC(N)(c1c(OC)cccc1OC)C(C)C. The summed E-state index contributed by atoms with van der Waals surface area (Å²) in [4.78, 5) is 0. The Bertz CT molecular complexity index is 354. The molecule has 0 saturated heterocycles. The zero-order chi connectivity index (χ0) is 13.1. The first kappa shape index (κ1) is 13.8. The summed E-state index contributed by atoms with van der Waals surface area (Å²) in [6.07, 6.45) is 0.835. The molecule has 1 atom stereocenters. The molecular weight excluding hydrogens is 214 g/mol. The van der Waals surface area contributed by atoms with Crippen LogP contribution >= 0.6 is 0 Å². The van der Waals surface area contributed by atoms with E-state index >= 15 is 0 Å². The van der Waals surface area contributed by atoms with Crippen LogP contribution in [0.2, 0.25) is 0 Å². The molecule has 1 aromatic rings. The van der Waals surface area contributed by atoms with Gasteiger partial charge >= 0.3 is 0 Å². The van der Waals surface area contributed by atoms with Crippen molar-refractivity contribution in [3.8, 4) is 11.5 Å². The van der Waals surface area contributed by atoms with Crippen molar-refractivity contribution in [2.45, 2.75) is 32.7 Å². The fraction of sp³-hybridized carbons (Fsp3) is 0.571. The molecule has 1 aromatic carbocycles. The van der Waals surface area contributed by atoms with E-state index in [4.69, 9.17) is 15.2 Å². The van der Waals surface area contributed by atoms with Gasteiger partial charge in [-0.3, -0.25) is 0 Å². The minimum Gasteiger partial charge on any atom is -0.496 e. The molecule has 0 fully saturated rings. The molecule has 0 amide bonds. The average Bonchev–Trinajstić information content (AvgIpc) is 2.36. The minimum absolute atomic E-state index is 0.303. The second kappa shape index (κ2) is 5.41. The van der Waals surface area contributed by atoms with Gasteiger partial charge in [0.2, 0.25) is 0 Å². The van der Waals surface area contributed by atoms with Crippen molar-refractivity contribution in [3.05, 3.63) is 23.8 Å². The van der Waals surface area contributed by atoms with E-state index in [9.17, 15) is 0 Å². The van der Waals surface area contributed by atoms with Crippen molar-refractivity contribution in [2.75, 3.05) is 14.2 Å². The van der Waals surface area contributed by atoms with Gasteiger partial charge in [0.05, 0.1) is 25.3 Å². The molecule has 2 N–H and O–H groups in total. The highest BCUT2D eigenvalue weighted by Gasteiger charge is 2.35. The number of nitrogens with two attached hydrogens (primary N) is 1. The molecule has 1 unspecified atom stereocenters. The number of rotatable bonds is 5. The molecule has 0 heterocycles. The van der Waals surface area contributed by atoms with E-state index in [0.29, 0.717) is 5.92 Å². The van der Waals surface area contributed by atoms with E-state index in [1.54, 1.807) is 14.2 Å². The average molecular weight is 237 g/mol. The highest BCUT2D eigenvalue weighted by atomic mass is 16.5. The van der Waals surface area contributed by atoms with Gasteiger partial charge < -0.3 is 15.2 Å². The van der Waals surface area contributed by atoms with Gasteiger partial charge in [-0.2, -0.15) is 0 Å². The van der Waals surface area contributed by atoms with Gasteiger partial charge in [-0.15, -0.1) is 0 Å². The quantitative estimate of drug-likeness (QED) is 0.856. The Labute approximate surface area is 104 Å². The molecule has 1 rings (SSSR count). The lowest BCUT2D eigenvalue weighted by Gasteiger charge is -2.35. The summed E-state index contributed by atoms with van der Waals surface area (Å²) < 4.78 is 10.9. The molecular formula is C14H23NO2. The molecule has 0 saturated carbocycles. The number of hydrogen-bond donors (Lipinski definition) is 1. The minimum atomic E-state index is -0.433. The number of benzene rings is 1. The molecule has 3 heteroatoms. The lowest BCUT2D eigenvalue weighted by Crippen LogP contribution is -2.41. The molecule has 0 aliphatic heterocycles. The third kappa shape index (κ3) is 2.39. The Morgan fingerprint density at radius 1 is 1.18 bits per heavy atom. The van der Waals surface area contributed by atoms with Crippen LogP contribution in [0.25, 0.3) is 0 Å². The van der Waals surface area contributed by atoms with Gasteiger partial charge in [-0.05, 0) is 24.5 Å². The Kier molecular flexibility index (Phi) is 4.40. The van der Waals surface area contributed by atoms with Crippen molar-refractivity contribution in [1.29, 1.82) is 0 Å². The second-order valence-corrected chi connectivity index (χ2v) is 4.59. The zero-order valence-corrected chi connectivity index (χ0v) is 11.4. The summed E-state index contributed by atoms with van der Waals surface area (Å²) in [5, 5.41) is 0. The first-order chi connectivity index (χ1) is 8.01. The van der Waals surface area contributed by atoms with Gasteiger partial charge in [-0.1, -0.05) is 26.8 Å². The van der Waals surface area contributed by atoms with Crippen molar-refractivity contribution < 1.29 is 9.47 Å². The van der Waals surface area contributed by atoms with E-state index in [0.717, 1.165) is 23.5 Å². The summed E-state index contributed by atoms with van der Waals surface area (Å²) in [5.74, 6) is 1.89. The van der Waals surface area contributed by atoms with Gasteiger partial charge in [-0.25, -0.2) is 0 Å². The number of ether oxygens (including phenoxy) is 2. The van der Waals surface area contributed by atoms with E-state index in [1.807, 2.05) is 18.2 Å².